The van der Waals surface area contributed by atoms with Gasteiger partial charge in [-0.1, -0.05) is 25.5 Å². The first-order chi connectivity index (χ1) is 10.6. The number of nitrogens with one attached hydrogen (secondary N) is 1. The average Bonchev–Trinajstić information content (AvgIpc) is 2.43. The fourth-order valence-electron chi connectivity index (χ4n) is 3.03. The first kappa shape index (κ1) is 18.7. The normalized spacial score (nSPS) is 25.0. The minimum Gasteiger partial charge on any atom is -0.444 e. The first-order valence-corrected chi connectivity index (χ1v) is 9.77. The molecule has 23 heavy (non-hydrogen) atoms. The van der Waals surface area contributed by atoms with Crippen LogP contribution in [0.15, 0.2) is 11.6 Å². The topological polar surface area (TPSA) is 41.6 Å². The van der Waals surface area contributed by atoms with E-state index in [1.165, 1.54) is 23.5 Å². The summed E-state index contributed by atoms with van der Waals surface area (Å²) < 4.78 is 5.43. The second-order valence-corrected chi connectivity index (χ2v) is 9.53. The lowest BCUT2D eigenvalue weighted by Crippen LogP contribution is -2.43. The van der Waals surface area contributed by atoms with Gasteiger partial charge in [0.25, 0.3) is 0 Å². The number of thioether (sulfide) groups is 1. The SMILES string of the molecule is CC1(C)CSCC(NCC2=CCN(C(=O)OC(C)(C)C)CC2)C1. The molecule has 5 heteroatoms. The summed E-state index contributed by atoms with van der Waals surface area (Å²) in [6.45, 7) is 12.8. The van der Waals surface area contributed by atoms with Crippen molar-refractivity contribution in [2.45, 2.75) is 59.1 Å². The molecule has 2 aliphatic rings. The molecule has 2 aliphatic heterocycles. The number of carbonyl (C=O) groups is 1. The van der Waals surface area contributed by atoms with Gasteiger partial charge in [-0.15, -0.1) is 0 Å². The van der Waals surface area contributed by atoms with Crippen molar-refractivity contribution in [1.29, 1.82) is 0 Å². The van der Waals surface area contributed by atoms with Crippen LogP contribution in [0.25, 0.3) is 0 Å². The van der Waals surface area contributed by atoms with Crippen LogP contribution in [0.1, 0.15) is 47.5 Å². The standard InChI is InChI=1S/C18H32N2O2S/c1-17(2,3)22-16(21)20-8-6-14(7-9-20)11-19-15-10-18(4,5)13-23-12-15/h6,15,19H,7-13H2,1-5H3. The monoisotopic (exact) mass is 340 g/mol. The van der Waals surface area contributed by atoms with E-state index in [-0.39, 0.29) is 6.09 Å². The van der Waals surface area contributed by atoms with Crippen molar-refractivity contribution in [1.82, 2.24) is 10.2 Å². The van der Waals surface area contributed by atoms with E-state index in [2.05, 4.69) is 37.0 Å². The molecule has 0 aromatic heterocycles. The molecule has 0 radical (unpaired) electrons. The summed E-state index contributed by atoms with van der Waals surface area (Å²) in [5.41, 5.74) is 1.43. The lowest BCUT2D eigenvalue weighted by atomic mass is 9.87. The van der Waals surface area contributed by atoms with Crippen molar-refractivity contribution in [2.24, 2.45) is 5.41 Å². The summed E-state index contributed by atoms with van der Waals surface area (Å²) in [7, 11) is 0. The molecule has 0 bridgehead atoms. The number of carbonyl (C=O) groups excluding carboxylic acids is 1. The van der Waals surface area contributed by atoms with Crippen molar-refractivity contribution in [3.8, 4) is 0 Å². The van der Waals surface area contributed by atoms with E-state index >= 15 is 0 Å². The minimum absolute atomic E-state index is 0.203. The van der Waals surface area contributed by atoms with E-state index in [1.807, 2.05) is 20.8 Å². The van der Waals surface area contributed by atoms with Gasteiger partial charge < -0.3 is 15.0 Å². The lowest BCUT2D eigenvalue weighted by molar-refractivity contribution is 0.0265. The van der Waals surface area contributed by atoms with Crippen molar-refractivity contribution < 1.29 is 9.53 Å². The Morgan fingerprint density at radius 1 is 1.48 bits per heavy atom. The molecule has 0 spiro atoms. The molecule has 2 rings (SSSR count). The van der Waals surface area contributed by atoms with Gasteiger partial charge in [-0.3, -0.25) is 0 Å². The molecule has 0 aromatic carbocycles. The number of ether oxygens (including phenoxy) is 1. The van der Waals surface area contributed by atoms with Crippen molar-refractivity contribution in [3.05, 3.63) is 11.6 Å². The zero-order valence-electron chi connectivity index (χ0n) is 15.3. The van der Waals surface area contributed by atoms with Crippen molar-refractivity contribution in [3.63, 3.8) is 0 Å². The van der Waals surface area contributed by atoms with Gasteiger partial charge >= 0.3 is 6.09 Å². The summed E-state index contributed by atoms with van der Waals surface area (Å²) in [4.78, 5) is 13.8. The highest BCUT2D eigenvalue weighted by molar-refractivity contribution is 7.99. The highest BCUT2D eigenvalue weighted by Gasteiger charge is 2.28. The number of hydrogen-bond acceptors (Lipinski definition) is 4. The van der Waals surface area contributed by atoms with E-state index in [4.69, 9.17) is 4.74 Å². The van der Waals surface area contributed by atoms with Crippen LogP contribution in [0, 0.1) is 5.41 Å². The molecular formula is C18H32N2O2S. The molecule has 4 nitrogen and oxygen atoms in total. The quantitative estimate of drug-likeness (QED) is 0.796. The third kappa shape index (κ3) is 6.38. The molecule has 132 valence electrons. The fraction of sp³-hybridized carbons (Fsp3) is 0.833. The van der Waals surface area contributed by atoms with E-state index in [0.29, 0.717) is 18.0 Å². The maximum atomic E-state index is 12.1. The van der Waals surface area contributed by atoms with Gasteiger partial charge in [0.1, 0.15) is 5.60 Å². The van der Waals surface area contributed by atoms with Gasteiger partial charge in [-0.05, 0) is 44.8 Å². The Kier molecular flexibility index (Phi) is 6.06. The van der Waals surface area contributed by atoms with Crippen LogP contribution in [-0.2, 0) is 4.74 Å². The van der Waals surface area contributed by atoms with Gasteiger partial charge in [-0.2, -0.15) is 11.8 Å². The summed E-state index contributed by atoms with van der Waals surface area (Å²) >= 11 is 2.05. The summed E-state index contributed by atoms with van der Waals surface area (Å²) in [6.07, 6.45) is 4.17. The Morgan fingerprint density at radius 2 is 2.22 bits per heavy atom. The number of hydrogen-bond donors (Lipinski definition) is 1. The van der Waals surface area contributed by atoms with Gasteiger partial charge in [-0.25, -0.2) is 4.79 Å². The Balaban J connectivity index is 1.75. The first-order valence-electron chi connectivity index (χ1n) is 8.62. The highest BCUT2D eigenvalue weighted by Crippen LogP contribution is 2.33. The van der Waals surface area contributed by atoms with E-state index in [0.717, 1.165) is 19.5 Å². The van der Waals surface area contributed by atoms with E-state index in [1.54, 1.807) is 4.90 Å². The van der Waals surface area contributed by atoms with Crippen LogP contribution in [-0.4, -0.2) is 53.8 Å². The molecule has 1 N–H and O–H groups in total. The summed E-state index contributed by atoms with van der Waals surface area (Å²) in [5.74, 6) is 2.47. The largest absolute Gasteiger partial charge is 0.444 e. The second-order valence-electron chi connectivity index (χ2n) is 8.50. The Morgan fingerprint density at radius 3 is 2.78 bits per heavy atom. The van der Waals surface area contributed by atoms with Gasteiger partial charge in [0, 0.05) is 31.4 Å². The van der Waals surface area contributed by atoms with Crippen LogP contribution >= 0.6 is 11.8 Å². The zero-order chi connectivity index (χ0) is 17.1. The Hall–Kier alpha value is -0.680. The molecule has 0 aliphatic carbocycles. The third-order valence-corrected chi connectivity index (χ3v) is 5.81. The van der Waals surface area contributed by atoms with Crippen LogP contribution in [0.2, 0.25) is 0 Å². The zero-order valence-corrected chi connectivity index (χ0v) is 16.1. The molecule has 0 saturated carbocycles. The lowest BCUT2D eigenvalue weighted by Gasteiger charge is -2.36. The van der Waals surface area contributed by atoms with E-state index < -0.39 is 5.60 Å². The maximum Gasteiger partial charge on any atom is 0.410 e. The van der Waals surface area contributed by atoms with Gasteiger partial charge in [0.15, 0.2) is 0 Å². The summed E-state index contributed by atoms with van der Waals surface area (Å²) in [5, 5.41) is 3.71. The average molecular weight is 341 g/mol. The Bertz CT molecular complexity index is 454. The molecule has 1 fully saturated rings. The van der Waals surface area contributed by atoms with Crippen LogP contribution in [0.3, 0.4) is 0 Å². The predicted octanol–water partition coefficient (Wildman–Crippen LogP) is 3.67. The van der Waals surface area contributed by atoms with E-state index in [9.17, 15) is 4.79 Å². The van der Waals surface area contributed by atoms with Crippen molar-refractivity contribution in [2.75, 3.05) is 31.1 Å². The van der Waals surface area contributed by atoms with Gasteiger partial charge in [0.05, 0.1) is 0 Å². The smallest absolute Gasteiger partial charge is 0.410 e. The Labute approximate surface area is 145 Å². The number of rotatable bonds is 3. The minimum atomic E-state index is -0.423. The highest BCUT2D eigenvalue weighted by atomic mass is 32.2. The molecule has 1 amide bonds. The van der Waals surface area contributed by atoms with Crippen LogP contribution in [0.5, 0.6) is 0 Å². The summed E-state index contributed by atoms with van der Waals surface area (Å²) in [6, 6.07) is 0.605. The van der Waals surface area contributed by atoms with Crippen LogP contribution in [0.4, 0.5) is 4.79 Å². The van der Waals surface area contributed by atoms with Gasteiger partial charge in [0.2, 0.25) is 0 Å². The molecule has 1 unspecified atom stereocenters. The molecular weight excluding hydrogens is 308 g/mol. The molecule has 1 atom stereocenters. The molecule has 2 heterocycles. The third-order valence-electron chi connectivity index (χ3n) is 4.18. The number of amides is 1. The maximum absolute atomic E-state index is 12.1. The van der Waals surface area contributed by atoms with Crippen LogP contribution < -0.4 is 5.32 Å². The predicted molar refractivity (Wildman–Crippen MR) is 98.0 cm³/mol. The number of nitrogens with zero attached hydrogens (tertiary/aromatic N) is 1. The fourth-order valence-corrected chi connectivity index (χ4v) is 4.34. The second kappa shape index (κ2) is 7.47. The molecule has 0 aromatic rings. The molecule has 1 saturated heterocycles. The van der Waals surface area contributed by atoms with Crippen molar-refractivity contribution >= 4 is 17.9 Å².